The Bertz CT molecular complexity index is 1010. The van der Waals surface area contributed by atoms with Crippen LogP contribution in [0.2, 0.25) is 10.0 Å². The van der Waals surface area contributed by atoms with Crippen LogP contribution in [0.25, 0.3) is 0 Å². The van der Waals surface area contributed by atoms with Crippen LogP contribution in [-0.2, 0) is 19.6 Å². The van der Waals surface area contributed by atoms with E-state index in [4.69, 9.17) is 27.9 Å². The number of morpholine rings is 1. The molecule has 0 aliphatic carbocycles. The van der Waals surface area contributed by atoms with E-state index in [2.05, 4.69) is 10.6 Å². The summed E-state index contributed by atoms with van der Waals surface area (Å²) in [6.07, 6.45) is 0. The summed E-state index contributed by atoms with van der Waals surface area (Å²) in [4.78, 5) is 12.5. The molecule has 1 aliphatic heterocycles. The molecule has 10 heteroatoms. The minimum atomic E-state index is -3.66. The fourth-order valence-corrected chi connectivity index (χ4v) is 4.91. The molecule has 7 nitrogen and oxygen atoms in total. The van der Waals surface area contributed by atoms with Gasteiger partial charge in [-0.25, -0.2) is 8.42 Å². The third-order valence-corrected chi connectivity index (χ3v) is 7.03. The van der Waals surface area contributed by atoms with E-state index in [9.17, 15) is 13.2 Å². The van der Waals surface area contributed by atoms with Gasteiger partial charge in [0.15, 0.2) is 0 Å². The van der Waals surface area contributed by atoms with Crippen molar-refractivity contribution in [2.24, 2.45) is 0 Å². The van der Waals surface area contributed by atoms with Gasteiger partial charge in [0.1, 0.15) is 0 Å². The summed E-state index contributed by atoms with van der Waals surface area (Å²) in [7, 11) is -3.66. The molecule has 1 saturated heterocycles. The maximum atomic E-state index is 12.9. The van der Waals surface area contributed by atoms with E-state index in [1.165, 1.54) is 10.4 Å². The topological polar surface area (TPSA) is 87.7 Å². The predicted octanol–water partition coefficient (Wildman–Crippen LogP) is 3.37. The molecule has 156 valence electrons. The fraction of sp³-hybridized carbons (Fsp3) is 0.316. The maximum Gasteiger partial charge on any atom is 0.243 e. The number of halogens is 2. The molecule has 2 aromatic carbocycles. The lowest BCUT2D eigenvalue weighted by atomic mass is 10.2. The third-order valence-electron chi connectivity index (χ3n) is 4.43. The summed E-state index contributed by atoms with van der Waals surface area (Å²) >= 11 is 12.0. The molecule has 0 radical (unpaired) electrons. The van der Waals surface area contributed by atoms with Crippen LogP contribution in [0.15, 0.2) is 41.3 Å². The summed E-state index contributed by atoms with van der Waals surface area (Å²) in [5.41, 5.74) is 1.54. The number of sulfonamides is 1. The molecule has 1 heterocycles. The first kappa shape index (κ1) is 21.9. The zero-order valence-electron chi connectivity index (χ0n) is 15.7. The standard InChI is InChI=1S/C19H21Cl2N3O4S/c1-13-2-4-15(11-18(13)29(26,27)24-6-8-28-9-7-24)23-19(25)12-22-17-10-14(20)3-5-16(17)21/h2-5,10-11,22H,6-9,12H2,1H3,(H,23,25). The van der Waals surface area contributed by atoms with E-state index in [1.807, 2.05) is 0 Å². The van der Waals surface area contributed by atoms with Gasteiger partial charge in [-0.05, 0) is 42.8 Å². The van der Waals surface area contributed by atoms with Crippen LogP contribution in [0.5, 0.6) is 0 Å². The van der Waals surface area contributed by atoms with E-state index in [0.29, 0.717) is 53.3 Å². The van der Waals surface area contributed by atoms with Gasteiger partial charge in [0.05, 0.1) is 35.4 Å². The van der Waals surface area contributed by atoms with Crippen molar-refractivity contribution in [2.45, 2.75) is 11.8 Å². The number of hydrogen-bond acceptors (Lipinski definition) is 5. The van der Waals surface area contributed by atoms with Gasteiger partial charge < -0.3 is 15.4 Å². The summed E-state index contributed by atoms with van der Waals surface area (Å²) < 4.78 is 32.5. The number of carbonyl (C=O) groups is 1. The summed E-state index contributed by atoms with van der Waals surface area (Å²) in [5, 5.41) is 6.55. The second kappa shape index (κ2) is 9.32. The smallest absolute Gasteiger partial charge is 0.243 e. The van der Waals surface area contributed by atoms with Gasteiger partial charge in [0.25, 0.3) is 0 Å². The van der Waals surface area contributed by atoms with E-state index in [-0.39, 0.29) is 17.3 Å². The van der Waals surface area contributed by atoms with Gasteiger partial charge in [-0.2, -0.15) is 4.31 Å². The minimum Gasteiger partial charge on any atom is -0.379 e. The van der Waals surface area contributed by atoms with Gasteiger partial charge in [0, 0.05) is 23.8 Å². The van der Waals surface area contributed by atoms with Crippen molar-refractivity contribution < 1.29 is 17.9 Å². The largest absolute Gasteiger partial charge is 0.379 e. The Hall–Kier alpha value is -1.84. The average Bonchev–Trinajstić information content (AvgIpc) is 2.70. The van der Waals surface area contributed by atoms with E-state index in [0.717, 1.165) is 0 Å². The SMILES string of the molecule is Cc1ccc(NC(=O)CNc2cc(Cl)ccc2Cl)cc1S(=O)(=O)N1CCOCC1. The Kier molecular flexibility index (Phi) is 7.02. The molecule has 29 heavy (non-hydrogen) atoms. The predicted molar refractivity (Wildman–Crippen MR) is 114 cm³/mol. The number of nitrogens with zero attached hydrogens (tertiary/aromatic N) is 1. The van der Waals surface area contributed by atoms with Gasteiger partial charge >= 0.3 is 0 Å². The minimum absolute atomic E-state index is 0.0561. The highest BCUT2D eigenvalue weighted by atomic mass is 35.5. The molecule has 1 fully saturated rings. The van der Waals surface area contributed by atoms with Crippen LogP contribution in [0.4, 0.5) is 11.4 Å². The van der Waals surface area contributed by atoms with Gasteiger partial charge in [-0.1, -0.05) is 29.3 Å². The maximum absolute atomic E-state index is 12.9. The Morgan fingerprint density at radius 2 is 1.86 bits per heavy atom. The molecule has 0 spiro atoms. The average molecular weight is 458 g/mol. The number of anilines is 2. The van der Waals surface area contributed by atoms with Crippen molar-refractivity contribution in [2.75, 3.05) is 43.5 Å². The first-order chi connectivity index (χ1) is 13.8. The Morgan fingerprint density at radius 1 is 1.14 bits per heavy atom. The molecule has 0 saturated carbocycles. The second-order valence-electron chi connectivity index (χ2n) is 6.52. The van der Waals surface area contributed by atoms with Crippen molar-refractivity contribution in [3.8, 4) is 0 Å². The lowest BCUT2D eigenvalue weighted by Crippen LogP contribution is -2.40. The first-order valence-electron chi connectivity index (χ1n) is 8.95. The van der Waals surface area contributed by atoms with Crippen molar-refractivity contribution in [3.63, 3.8) is 0 Å². The van der Waals surface area contributed by atoms with Crippen LogP contribution in [0.3, 0.4) is 0 Å². The lowest BCUT2D eigenvalue weighted by Gasteiger charge is -2.26. The summed E-state index contributed by atoms with van der Waals surface area (Å²) in [6.45, 7) is 3.02. The Labute approximate surface area is 180 Å². The number of aryl methyl sites for hydroxylation is 1. The Balaban J connectivity index is 1.70. The number of carbonyl (C=O) groups excluding carboxylic acids is 1. The molecule has 0 aromatic heterocycles. The molecule has 0 atom stereocenters. The van der Waals surface area contributed by atoms with Gasteiger partial charge in [0.2, 0.25) is 15.9 Å². The van der Waals surface area contributed by atoms with Crippen LogP contribution in [0, 0.1) is 6.92 Å². The van der Waals surface area contributed by atoms with Gasteiger partial charge in [-0.15, -0.1) is 0 Å². The van der Waals surface area contributed by atoms with Crippen molar-refractivity contribution in [1.29, 1.82) is 0 Å². The molecule has 1 amide bonds. The molecule has 0 bridgehead atoms. The lowest BCUT2D eigenvalue weighted by molar-refractivity contribution is -0.114. The number of hydrogen-bond donors (Lipinski definition) is 2. The third kappa shape index (κ3) is 5.40. The Morgan fingerprint density at radius 3 is 2.59 bits per heavy atom. The number of amides is 1. The zero-order chi connectivity index (χ0) is 21.0. The zero-order valence-corrected chi connectivity index (χ0v) is 18.1. The first-order valence-corrected chi connectivity index (χ1v) is 11.1. The summed E-state index contributed by atoms with van der Waals surface area (Å²) in [5.74, 6) is -0.348. The molecule has 2 N–H and O–H groups in total. The molecular weight excluding hydrogens is 437 g/mol. The van der Waals surface area contributed by atoms with Crippen LogP contribution in [-0.4, -0.2) is 51.5 Å². The highest BCUT2D eigenvalue weighted by Gasteiger charge is 2.28. The highest BCUT2D eigenvalue weighted by molar-refractivity contribution is 7.89. The quantitative estimate of drug-likeness (QED) is 0.693. The van der Waals surface area contributed by atoms with Crippen LogP contribution < -0.4 is 10.6 Å². The van der Waals surface area contributed by atoms with Crippen molar-refractivity contribution >= 4 is 50.5 Å². The van der Waals surface area contributed by atoms with E-state index in [1.54, 1.807) is 37.3 Å². The normalized spacial score (nSPS) is 15.1. The molecule has 3 rings (SSSR count). The van der Waals surface area contributed by atoms with Crippen LogP contribution >= 0.6 is 23.2 Å². The molecule has 2 aromatic rings. The number of benzene rings is 2. The van der Waals surface area contributed by atoms with Crippen molar-refractivity contribution in [3.05, 3.63) is 52.0 Å². The fourth-order valence-electron chi connectivity index (χ4n) is 2.90. The molecule has 0 unspecified atom stereocenters. The van der Waals surface area contributed by atoms with E-state index < -0.39 is 10.0 Å². The number of nitrogens with one attached hydrogen (secondary N) is 2. The van der Waals surface area contributed by atoms with E-state index >= 15 is 0 Å². The highest BCUT2D eigenvalue weighted by Crippen LogP contribution is 2.26. The molecule has 1 aliphatic rings. The molecular formula is C19H21Cl2N3O4S. The monoisotopic (exact) mass is 457 g/mol. The summed E-state index contributed by atoms with van der Waals surface area (Å²) in [6, 6.07) is 9.72. The van der Waals surface area contributed by atoms with Crippen molar-refractivity contribution in [1.82, 2.24) is 4.31 Å². The second-order valence-corrected chi connectivity index (χ2v) is 9.27. The number of rotatable bonds is 6. The number of ether oxygens (including phenoxy) is 1. The van der Waals surface area contributed by atoms with Gasteiger partial charge in [-0.3, -0.25) is 4.79 Å². The van der Waals surface area contributed by atoms with Crippen LogP contribution in [0.1, 0.15) is 5.56 Å².